The first-order chi connectivity index (χ1) is 13.7. The number of H-pyrrole nitrogens is 1. The van der Waals surface area contributed by atoms with Crippen LogP contribution in [0.2, 0.25) is 0 Å². The lowest BCUT2D eigenvalue weighted by Crippen LogP contribution is -2.19. The quantitative estimate of drug-likeness (QED) is 0.593. The van der Waals surface area contributed by atoms with Crippen LogP contribution >= 0.6 is 0 Å². The van der Waals surface area contributed by atoms with Crippen LogP contribution in [-0.2, 0) is 13.0 Å². The van der Waals surface area contributed by atoms with Crippen molar-refractivity contribution >= 4 is 17.5 Å². The predicted molar refractivity (Wildman–Crippen MR) is 109 cm³/mol. The van der Waals surface area contributed by atoms with Crippen molar-refractivity contribution in [1.29, 1.82) is 0 Å². The van der Waals surface area contributed by atoms with E-state index in [9.17, 15) is 4.79 Å². The second-order valence-corrected chi connectivity index (χ2v) is 7.50. The molecule has 1 saturated carbocycles. The van der Waals surface area contributed by atoms with Gasteiger partial charge in [0.2, 0.25) is 0 Å². The first-order valence-corrected chi connectivity index (χ1v) is 9.91. The maximum atomic E-state index is 12.2. The minimum Gasteiger partial charge on any atom is -0.333 e. The third kappa shape index (κ3) is 5.00. The fraction of sp³-hybridized carbons (Fsp3) is 0.381. The second kappa shape index (κ2) is 8.73. The molecule has 1 fully saturated rings. The van der Waals surface area contributed by atoms with Crippen LogP contribution < -0.4 is 10.6 Å². The highest BCUT2D eigenvalue weighted by Gasteiger charge is 2.15. The van der Waals surface area contributed by atoms with Crippen molar-refractivity contribution in [1.82, 2.24) is 19.7 Å². The van der Waals surface area contributed by atoms with Gasteiger partial charge < -0.3 is 9.88 Å². The van der Waals surface area contributed by atoms with Crippen LogP contribution in [-0.4, -0.2) is 25.8 Å². The first kappa shape index (κ1) is 18.3. The summed E-state index contributed by atoms with van der Waals surface area (Å²) in [6.45, 7) is 0.753. The molecule has 4 rings (SSSR count). The normalized spacial score (nSPS) is 14.7. The van der Waals surface area contributed by atoms with Gasteiger partial charge in [0.15, 0.2) is 5.82 Å². The van der Waals surface area contributed by atoms with E-state index < -0.39 is 0 Å². The van der Waals surface area contributed by atoms with Crippen molar-refractivity contribution in [2.24, 2.45) is 5.92 Å². The number of benzene rings is 1. The SMILES string of the molecule is O=C(Nc1ccc(Cn2ccnc2)cc1)Nc1cc(CC2CCCCC2)[nH]n1. The molecule has 3 N–H and O–H groups in total. The third-order valence-electron chi connectivity index (χ3n) is 5.24. The molecule has 7 nitrogen and oxygen atoms in total. The van der Waals surface area contributed by atoms with E-state index in [-0.39, 0.29) is 6.03 Å². The number of urea groups is 1. The Morgan fingerprint density at radius 1 is 1.14 bits per heavy atom. The zero-order valence-corrected chi connectivity index (χ0v) is 15.9. The van der Waals surface area contributed by atoms with Gasteiger partial charge in [-0.15, -0.1) is 0 Å². The molecule has 7 heteroatoms. The van der Waals surface area contributed by atoms with E-state index in [1.54, 1.807) is 12.5 Å². The maximum absolute atomic E-state index is 12.2. The average Bonchev–Trinajstić information content (AvgIpc) is 3.36. The second-order valence-electron chi connectivity index (χ2n) is 7.50. The smallest absolute Gasteiger partial charge is 0.324 e. The average molecular weight is 378 g/mol. The number of amides is 2. The number of imidazole rings is 1. The number of nitrogens with zero attached hydrogens (tertiary/aromatic N) is 3. The molecule has 0 spiro atoms. The van der Waals surface area contributed by atoms with Gasteiger partial charge in [-0.2, -0.15) is 5.10 Å². The Kier molecular flexibility index (Phi) is 5.70. The van der Waals surface area contributed by atoms with E-state index in [4.69, 9.17) is 0 Å². The zero-order valence-electron chi connectivity index (χ0n) is 15.9. The van der Waals surface area contributed by atoms with Gasteiger partial charge in [0.05, 0.1) is 6.33 Å². The summed E-state index contributed by atoms with van der Waals surface area (Å²) in [7, 11) is 0. The molecule has 3 aromatic rings. The molecule has 1 aliphatic carbocycles. The number of carbonyl (C=O) groups excluding carboxylic acids is 1. The Morgan fingerprint density at radius 2 is 1.96 bits per heavy atom. The highest BCUT2D eigenvalue weighted by molar-refractivity contribution is 5.99. The summed E-state index contributed by atoms with van der Waals surface area (Å²) in [6.07, 6.45) is 13.1. The van der Waals surface area contributed by atoms with E-state index in [2.05, 4.69) is 25.8 Å². The Hall–Kier alpha value is -3.09. The fourth-order valence-electron chi connectivity index (χ4n) is 3.80. The number of rotatable bonds is 6. The van der Waals surface area contributed by atoms with Crippen molar-refractivity contribution < 1.29 is 4.79 Å². The van der Waals surface area contributed by atoms with Gasteiger partial charge in [-0.3, -0.25) is 10.4 Å². The van der Waals surface area contributed by atoms with Crippen molar-refractivity contribution in [2.45, 2.75) is 45.1 Å². The summed E-state index contributed by atoms with van der Waals surface area (Å²) >= 11 is 0. The van der Waals surface area contributed by atoms with Crippen molar-refractivity contribution in [3.05, 3.63) is 60.3 Å². The minimum atomic E-state index is -0.293. The molecular weight excluding hydrogens is 352 g/mol. The summed E-state index contributed by atoms with van der Waals surface area (Å²) in [5.41, 5.74) is 2.97. The van der Waals surface area contributed by atoms with E-state index in [1.807, 2.05) is 41.1 Å². The van der Waals surface area contributed by atoms with Gasteiger partial charge in [0, 0.05) is 36.4 Å². The van der Waals surface area contributed by atoms with Gasteiger partial charge in [-0.05, 0) is 30.0 Å². The maximum Gasteiger partial charge on any atom is 0.324 e. The fourth-order valence-corrected chi connectivity index (χ4v) is 3.80. The van der Waals surface area contributed by atoms with Gasteiger partial charge >= 0.3 is 6.03 Å². The van der Waals surface area contributed by atoms with Crippen molar-refractivity contribution in [3.8, 4) is 0 Å². The van der Waals surface area contributed by atoms with E-state index >= 15 is 0 Å². The Labute approximate surface area is 164 Å². The summed E-state index contributed by atoms with van der Waals surface area (Å²) < 4.78 is 2.00. The lowest BCUT2D eigenvalue weighted by Gasteiger charge is -2.20. The molecule has 1 aliphatic rings. The third-order valence-corrected chi connectivity index (χ3v) is 5.24. The number of aromatic nitrogens is 4. The molecule has 0 saturated heterocycles. The molecule has 2 aromatic heterocycles. The van der Waals surface area contributed by atoms with Crippen molar-refractivity contribution in [3.63, 3.8) is 0 Å². The lowest BCUT2D eigenvalue weighted by molar-refractivity contribution is 0.262. The summed E-state index contributed by atoms with van der Waals surface area (Å²) in [4.78, 5) is 16.3. The Morgan fingerprint density at radius 3 is 2.71 bits per heavy atom. The molecule has 28 heavy (non-hydrogen) atoms. The molecule has 0 atom stereocenters. The molecule has 0 bridgehead atoms. The molecule has 0 aliphatic heterocycles. The zero-order chi connectivity index (χ0) is 19.2. The topological polar surface area (TPSA) is 87.6 Å². The number of hydrogen-bond donors (Lipinski definition) is 3. The van der Waals surface area contributed by atoms with Crippen LogP contribution in [0.4, 0.5) is 16.3 Å². The van der Waals surface area contributed by atoms with Crippen LogP contribution in [0.5, 0.6) is 0 Å². The molecule has 2 heterocycles. The van der Waals surface area contributed by atoms with Crippen LogP contribution in [0.15, 0.2) is 49.1 Å². The number of carbonyl (C=O) groups is 1. The van der Waals surface area contributed by atoms with E-state index in [0.29, 0.717) is 5.82 Å². The molecule has 146 valence electrons. The predicted octanol–water partition coefficient (Wildman–Crippen LogP) is 4.42. The first-order valence-electron chi connectivity index (χ1n) is 9.91. The van der Waals surface area contributed by atoms with Crippen LogP contribution in [0.3, 0.4) is 0 Å². The monoisotopic (exact) mass is 378 g/mol. The number of hydrogen-bond acceptors (Lipinski definition) is 3. The molecule has 1 aromatic carbocycles. The number of anilines is 2. The number of nitrogens with one attached hydrogen (secondary N) is 3. The molecule has 0 unspecified atom stereocenters. The molecular formula is C21H26N6O. The van der Waals surface area contributed by atoms with Crippen LogP contribution in [0.1, 0.15) is 43.4 Å². The van der Waals surface area contributed by atoms with Gasteiger partial charge in [-0.25, -0.2) is 9.78 Å². The summed E-state index contributed by atoms with van der Waals surface area (Å²) in [5, 5.41) is 12.9. The summed E-state index contributed by atoms with van der Waals surface area (Å²) in [6, 6.07) is 9.41. The highest BCUT2D eigenvalue weighted by Crippen LogP contribution is 2.26. The van der Waals surface area contributed by atoms with Gasteiger partial charge in [0.1, 0.15) is 0 Å². The van der Waals surface area contributed by atoms with Crippen LogP contribution in [0.25, 0.3) is 0 Å². The Bertz CT molecular complexity index is 878. The van der Waals surface area contributed by atoms with E-state index in [0.717, 1.165) is 35.8 Å². The van der Waals surface area contributed by atoms with E-state index in [1.165, 1.54) is 32.1 Å². The minimum absolute atomic E-state index is 0.293. The van der Waals surface area contributed by atoms with Gasteiger partial charge in [-0.1, -0.05) is 44.2 Å². The highest BCUT2D eigenvalue weighted by atomic mass is 16.2. The lowest BCUT2D eigenvalue weighted by atomic mass is 9.86. The van der Waals surface area contributed by atoms with Crippen molar-refractivity contribution in [2.75, 3.05) is 10.6 Å². The number of aromatic amines is 1. The Balaban J connectivity index is 1.27. The molecule has 2 amide bonds. The summed E-state index contributed by atoms with van der Waals surface area (Å²) in [5.74, 6) is 1.29. The standard InChI is InChI=1S/C21H26N6O/c28-21(23-18-8-6-17(7-9-18)14-27-11-10-22-15-27)24-20-13-19(25-26-20)12-16-4-2-1-3-5-16/h6-11,13,15-16H,1-5,12,14H2,(H3,23,24,25,26,28). The largest absolute Gasteiger partial charge is 0.333 e. The molecule has 0 radical (unpaired) electrons. The van der Waals surface area contributed by atoms with Crippen LogP contribution in [0, 0.1) is 5.92 Å². The van der Waals surface area contributed by atoms with Gasteiger partial charge in [0.25, 0.3) is 0 Å².